The van der Waals surface area contributed by atoms with Crippen molar-refractivity contribution in [1.82, 2.24) is 4.90 Å². The highest BCUT2D eigenvalue weighted by Crippen LogP contribution is 2.28. The molecule has 3 rings (SSSR count). The molecule has 1 saturated heterocycles. The van der Waals surface area contributed by atoms with Crippen LogP contribution in [0.5, 0.6) is 5.75 Å². The van der Waals surface area contributed by atoms with E-state index in [1.807, 2.05) is 24.3 Å². The van der Waals surface area contributed by atoms with Gasteiger partial charge in [-0.1, -0.05) is 30.7 Å². The maximum absolute atomic E-state index is 11.7. The second kappa shape index (κ2) is 12.3. The normalized spacial score (nSPS) is 14.5. The molecule has 0 atom stereocenters. The minimum atomic E-state index is -0.120. The monoisotopic (exact) mass is 425 g/mol. The van der Waals surface area contributed by atoms with Crippen LogP contribution in [0, 0.1) is 0 Å². The summed E-state index contributed by atoms with van der Waals surface area (Å²) in [4.78, 5) is 16.6. The number of nitrogens with zero attached hydrogens (tertiary/aromatic N) is 2. The highest BCUT2D eigenvalue weighted by Gasteiger charge is 2.18. The molecule has 0 aromatic heterocycles. The Kier molecular flexibility index (Phi) is 9.18. The Bertz CT molecular complexity index is 819. The number of anilines is 2. The fourth-order valence-corrected chi connectivity index (χ4v) is 4.08. The van der Waals surface area contributed by atoms with Gasteiger partial charge in [0.05, 0.1) is 12.8 Å². The van der Waals surface area contributed by atoms with E-state index in [0.29, 0.717) is 0 Å². The molecule has 2 aromatic rings. The van der Waals surface area contributed by atoms with E-state index in [1.165, 1.54) is 31.2 Å². The van der Waals surface area contributed by atoms with Crippen LogP contribution >= 0.6 is 0 Å². The Labute approximate surface area is 186 Å². The van der Waals surface area contributed by atoms with Gasteiger partial charge in [0.25, 0.3) is 0 Å². The average Bonchev–Trinajstić information content (AvgIpc) is 2.79. The van der Waals surface area contributed by atoms with Gasteiger partial charge in [0.1, 0.15) is 12.4 Å². The van der Waals surface area contributed by atoms with E-state index >= 15 is 0 Å². The number of rotatable bonds is 11. The fraction of sp³-hybridized carbons (Fsp3) is 0.480. The second-order valence-electron chi connectivity index (χ2n) is 7.99. The minimum Gasteiger partial charge on any atom is -0.495 e. The van der Waals surface area contributed by atoms with E-state index in [1.54, 1.807) is 7.11 Å². The third-order valence-corrected chi connectivity index (χ3v) is 5.72. The molecule has 0 saturated carbocycles. The van der Waals surface area contributed by atoms with Crippen LogP contribution in [0.3, 0.4) is 0 Å². The van der Waals surface area contributed by atoms with Crippen LogP contribution in [0.1, 0.15) is 24.8 Å². The van der Waals surface area contributed by atoms with Crippen molar-refractivity contribution in [3.63, 3.8) is 0 Å². The first kappa shape index (κ1) is 23.1. The molecule has 0 spiro atoms. The van der Waals surface area contributed by atoms with Gasteiger partial charge in [-0.05, 0) is 55.6 Å². The number of para-hydroxylation sites is 2. The zero-order chi connectivity index (χ0) is 21.9. The Morgan fingerprint density at radius 3 is 2.55 bits per heavy atom. The van der Waals surface area contributed by atoms with E-state index in [-0.39, 0.29) is 12.5 Å². The fourth-order valence-electron chi connectivity index (χ4n) is 4.08. The van der Waals surface area contributed by atoms with Crippen molar-refractivity contribution in [2.24, 2.45) is 0 Å². The van der Waals surface area contributed by atoms with Crippen molar-refractivity contribution in [3.05, 3.63) is 54.1 Å². The molecular weight excluding hydrogens is 390 g/mol. The van der Waals surface area contributed by atoms with Crippen molar-refractivity contribution in [1.29, 1.82) is 0 Å². The zero-order valence-electron chi connectivity index (χ0n) is 18.8. The van der Waals surface area contributed by atoms with Crippen molar-refractivity contribution < 1.29 is 14.3 Å². The first-order valence-electron chi connectivity index (χ1n) is 11.2. The van der Waals surface area contributed by atoms with Gasteiger partial charge in [0.2, 0.25) is 5.91 Å². The predicted molar refractivity (Wildman–Crippen MR) is 126 cm³/mol. The van der Waals surface area contributed by atoms with Crippen LogP contribution < -0.4 is 15.0 Å². The number of carbonyl (C=O) groups excluding carboxylic acids is 1. The van der Waals surface area contributed by atoms with Crippen LogP contribution in [0.2, 0.25) is 0 Å². The lowest BCUT2D eigenvalue weighted by atomic mass is 10.1. The summed E-state index contributed by atoms with van der Waals surface area (Å²) in [6.07, 6.45) is 4.64. The van der Waals surface area contributed by atoms with Crippen LogP contribution in [0.15, 0.2) is 48.5 Å². The summed E-state index contributed by atoms with van der Waals surface area (Å²) < 4.78 is 10.4. The first-order valence-corrected chi connectivity index (χ1v) is 11.2. The maximum Gasteiger partial charge on any atom is 0.250 e. The molecule has 1 fully saturated rings. The zero-order valence-corrected chi connectivity index (χ0v) is 18.8. The Balaban J connectivity index is 1.33. The van der Waals surface area contributed by atoms with Gasteiger partial charge in [-0.25, -0.2) is 0 Å². The number of piperazine rings is 1. The number of hydrogen-bond donors (Lipinski definition) is 1. The summed E-state index contributed by atoms with van der Waals surface area (Å²) in [5, 5.41) is 2.87. The number of hydrogen-bond acceptors (Lipinski definition) is 5. The van der Waals surface area contributed by atoms with E-state index in [4.69, 9.17) is 9.47 Å². The summed E-state index contributed by atoms with van der Waals surface area (Å²) in [6, 6.07) is 16.4. The number of unbranched alkanes of at least 4 members (excludes halogenated alkanes) is 2. The Hall–Kier alpha value is -2.57. The Morgan fingerprint density at radius 1 is 0.968 bits per heavy atom. The van der Waals surface area contributed by atoms with Gasteiger partial charge in [0, 0.05) is 39.0 Å². The minimum absolute atomic E-state index is 0.0807. The van der Waals surface area contributed by atoms with Crippen LogP contribution in [-0.4, -0.2) is 64.4 Å². The summed E-state index contributed by atoms with van der Waals surface area (Å²) in [5.74, 6) is 0.837. The van der Waals surface area contributed by atoms with E-state index in [0.717, 1.165) is 57.0 Å². The van der Waals surface area contributed by atoms with E-state index in [2.05, 4.69) is 39.4 Å². The van der Waals surface area contributed by atoms with E-state index in [9.17, 15) is 4.79 Å². The van der Waals surface area contributed by atoms with Crippen LogP contribution in [0.4, 0.5) is 11.4 Å². The predicted octanol–water partition coefficient (Wildman–Crippen LogP) is 3.82. The quantitative estimate of drug-likeness (QED) is 0.555. The van der Waals surface area contributed by atoms with Crippen LogP contribution in [-0.2, 0) is 16.0 Å². The van der Waals surface area contributed by atoms with Gasteiger partial charge < -0.3 is 19.7 Å². The molecule has 168 valence electrons. The largest absolute Gasteiger partial charge is 0.495 e. The van der Waals surface area contributed by atoms with Gasteiger partial charge >= 0.3 is 0 Å². The molecular formula is C25H35N3O3. The lowest BCUT2D eigenvalue weighted by Gasteiger charge is -2.36. The van der Waals surface area contributed by atoms with Gasteiger partial charge in [-0.3, -0.25) is 9.69 Å². The third-order valence-electron chi connectivity index (χ3n) is 5.72. The second-order valence-corrected chi connectivity index (χ2v) is 7.99. The van der Waals surface area contributed by atoms with Gasteiger partial charge in [-0.2, -0.15) is 0 Å². The molecule has 1 aliphatic rings. The summed E-state index contributed by atoms with van der Waals surface area (Å²) >= 11 is 0. The van der Waals surface area contributed by atoms with Crippen molar-refractivity contribution >= 4 is 17.3 Å². The van der Waals surface area contributed by atoms with Gasteiger partial charge in [-0.15, -0.1) is 0 Å². The molecule has 0 radical (unpaired) electrons. The summed E-state index contributed by atoms with van der Waals surface area (Å²) in [6.45, 7) is 5.52. The van der Waals surface area contributed by atoms with Crippen molar-refractivity contribution in [2.45, 2.75) is 25.7 Å². The summed E-state index contributed by atoms with van der Waals surface area (Å²) in [5.41, 5.74) is 3.30. The van der Waals surface area contributed by atoms with Crippen molar-refractivity contribution in [2.75, 3.05) is 63.8 Å². The molecule has 0 bridgehead atoms. The first-order chi connectivity index (χ1) is 15.2. The topological polar surface area (TPSA) is 54.0 Å². The lowest BCUT2D eigenvalue weighted by molar-refractivity contribution is -0.119. The third kappa shape index (κ3) is 7.26. The number of ether oxygens (including phenoxy) is 2. The number of amides is 1. The molecule has 6 heteroatoms. The SMILES string of the molecule is COCC(=O)Nc1cccc(CCCCCN2CCN(c3ccccc3OC)CC2)c1. The molecule has 1 N–H and O–H groups in total. The molecule has 1 heterocycles. The number of aryl methyl sites for hydroxylation is 1. The van der Waals surface area contributed by atoms with Gasteiger partial charge in [0.15, 0.2) is 0 Å². The molecule has 0 unspecified atom stereocenters. The van der Waals surface area contributed by atoms with Crippen molar-refractivity contribution in [3.8, 4) is 5.75 Å². The molecule has 0 aliphatic carbocycles. The number of benzene rings is 2. The smallest absolute Gasteiger partial charge is 0.250 e. The standard InChI is InChI=1S/C25H35N3O3/c1-30-20-25(29)26-22-11-8-10-21(19-22)9-4-3-7-14-27-15-17-28(18-16-27)23-12-5-6-13-24(23)31-2/h5-6,8,10-13,19H,3-4,7,9,14-18,20H2,1-2H3,(H,26,29). The number of carbonyl (C=O) groups is 1. The average molecular weight is 426 g/mol. The molecule has 2 aromatic carbocycles. The van der Waals surface area contributed by atoms with Crippen LogP contribution in [0.25, 0.3) is 0 Å². The molecule has 1 aliphatic heterocycles. The molecule has 6 nitrogen and oxygen atoms in total. The lowest BCUT2D eigenvalue weighted by Crippen LogP contribution is -2.46. The molecule has 1 amide bonds. The molecule has 31 heavy (non-hydrogen) atoms. The van der Waals surface area contributed by atoms with E-state index < -0.39 is 0 Å². The highest BCUT2D eigenvalue weighted by molar-refractivity contribution is 5.91. The summed E-state index contributed by atoms with van der Waals surface area (Å²) in [7, 11) is 3.26. The maximum atomic E-state index is 11.7. The number of nitrogens with one attached hydrogen (secondary N) is 1. The highest BCUT2D eigenvalue weighted by atomic mass is 16.5. The number of methoxy groups -OCH3 is 2. The Morgan fingerprint density at radius 2 is 1.77 bits per heavy atom.